The van der Waals surface area contributed by atoms with E-state index in [1.54, 1.807) is 0 Å². The summed E-state index contributed by atoms with van der Waals surface area (Å²) in [6.45, 7) is 2.12. The van der Waals surface area contributed by atoms with Crippen LogP contribution in [-0.4, -0.2) is 21.0 Å². The van der Waals surface area contributed by atoms with Gasteiger partial charge in [0.1, 0.15) is 0 Å². The van der Waals surface area contributed by atoms with Gasteiger partial charge in [-0.25, -0.2) is 13.1 Å². The Labute approximate surface area is 113 Å². The van der Waals surface area contributed by atoms with Gasteiger partial charge in [0.2, 0.25) is 10.0 Å². The first-order chi connectivity index (χ1) is 7.95. The van der Waals surface area contributed by atoms with Crippen LogP contribution in [0.1, 0.15) is 18.9 Å². The average molecular weight is 290 g/mol. The number of rotatable bonds is 5. The van der Waals surface area contributed by atoms with Crippen molar-refractivity contribution in [3.05, 3.63) is 29.8 Å². The quantitative estimate of drug-likeness (QED) is 0.845. The number of nitrogens with one attached hydrogen (secondary N) is 1. The van der Waals surface area contributed by atoms with Gasteiger partial charge in [0, 0.05) is 12.6 Å². The van der Waals surface area contributed by atoms with Crippen LogP contribution in [0.25, 0.3) is 0 Å². The van der Waals surface area contributed by atoms with Crippen LogP contribution >= 0.6 is 12.4 Å². The van der Waals surface area contributed by atoms with Crippen LogP contribution in [0.2, 0.25) is 0 Å². The van der Waals surface area contributed by atoms with E-state index >= 15 is 0 Å². The molecule has 5 nitrogen and oxygen atoms in total. The molecule has 1 unspecified atom stereocenters. The predicted molar refractivity (Wildman–Crippen MR) is 71.9 cm³/mol. The zero-order valence-electron chi connectivity index (χ0n) is 9.96. The van der Waals surface area contributed by atoms with Crippen molar-refractivity contribution in [2.75, 3.05) is 6.54 Å². The van der Waals surface area contributed by atoms with E-state index in [4.69, 9.17) is 11.0 Å². The monoisotopic (exact) mass is 289 g/mol. The van der Waals surface area contributed by atoms with Crippen LogP contribution in [0, 0.1) is 11.3 Å². The van der Waals surface area contributed by atoms with Gasteiger partial charge in [-0.3, -0.25) is 0 Å². The van der Waals surface area contributed by atoms with E-state index in [-0.39, 0.29) is 23.3 Å². The Morgan fingerprint density at radius 3 is 2.39 bits per heavy atom. The van der Waals surface area contributed by atoms with Crippen molar-refractivity contribution in [1.29, 1.82) is 5.26 Å². The van der Waals surface area contributed by atoms with Crippen LogP contribution in [0.15, 0.2) is 29.2 Å². The van der Waals surface area contributed by atoms with Gasteiger partial charge in [0.15, 0.2) is 0 Å². The molecule has 0 fully saturated rings. The van der Waals surface area contributed by atoms with Crippen molar-refractivity contribution in [3.8, 4) is 6.07 Å². The highest BCUT2D eigenvalue weighted by molar-refractivity contribution is 7.89. The number of nitriles is 1. The molecule has 0 aromatic heterocycles. The third kappa shape index (κ3) is 5.02. The summed E-state index contributed by atoms with van der Waals surface area (Å²) >= 11 is 0. The molecule has 1 atom stereocenters. The summed E-state index contributed by atoms with van der Waals surface area (Å²) in [5, 5.41) is 8.60. The van der Waals surface area contributed by atoms with E-state index in [2.05, 4.69) is 4.72 Å². The Morgan fingerprint density at radius 1 is 1.39 bits per heavy atom. The third-order valence-corrected chi connectivity index (χ3v) is 3.66. The molecule has 1 aromatic rings. The summed E-state index contributed by atoms with van der Waals surface area (Å²) in [5.41, 5.74) is 5.96. The summed E-state index contributed by atoms with van der Waals surface area (Å²) in [5.74, 6) is 0. The van der Waals surface area contributed by atoms with E-state index < -0.39 is 10.0 Å². The summed E-state index contributed by atoms with van der Waals surface area (Å²) in [6.07, 6.45) is 0.579. The molecular weight excluding hydrogens is 274 g/mol. The Hall–Kier alpha value is -1.13. The molecule has 0 bridgehead atoms. The van der Waals surface area contributed by atoms with Gasteiger partial charge >= 0.3 is 0 Å². The fourth-order valence-electron chi connectivity index (χ4n) is 1.21. The van der Waals surface area contributed by atoms with Crippen molar-refractivity contribution < 1.29 is 8.42 Å². The third-order valence-electron chi connectivity index (χ3n) is 2.19. The number of nitrogens with two attached hydrogens (primary N) is 1. The number of sulfonamides is 1. The van der Waals surface area contributed by atoms with Gasteiger partial charge in [-0.1, -0.05) is 0 Å². The standard InChI is InChI=1S/C11H15N3O2S.ClH/c1-9(13)6-7-14-17(15,16)11-4-2-10(8-12)3-5-11;/h2-5,9,14H,6-7,13H2,1H3;1H. The summed E-state index contributed by atoms with van der Waals surface area (Å²) < 4.78 is 26.0. The summed E-state index contributed by atoms with van der Waals surface area (Å²) in [4.78, 5) is 0.154. The molecule has 3 N–H and O–H groups in total. The minimum absolute atomic E-state index is 0. The summed E-state index contributed by atoms with van der Waals surface area (Å²) in [6, 6.07) is 7.65. The molecule has 0 saturated heterocycles. The molecule has 18 heavy (non-hydrogen) atoms. The minimum Gasteiger partial charge on any atom is -0.328 e. The number of hydrogen-bond acceptors (Lipinski definition) is 4. The molecule has 1 rings (SSSR count). The van der Waals surface area contributed by atoms with E-state index in [0.29, 0.717) is 18.5 Å². The van der Waals surface area contributed by atoms with E-state index in [1.165, 1.54) is 24.3 Å². The first-order valence-electron chi connectivity index (χ1n) is 5.21. The van der Waals surface area contributed by atoms with E-state index in [9.17, 15) is 8.42 Å². The lowest BCUT2D eigenvalue weighted by Gasteiger charge is -2.08. The Kier molecular flexibility index (Phi) is 6.88. The van der Waals surface area contributed by atoms with Crippen molar-refractivity contribution >= 4 is 22.4 Å². The van der Waals surface area contributed by atoms with Crippen molar-refractivity contribution in [1.82, 2.24) is 4.72 Å². The maximum Gasteiger partial charge on any atom is 0.240 e. The van der Waals surface area contributed by atoms with Crippen LogP contribution < -0.4 is 10.5 Å². The predicted octanol–water partition coefficient (Wildman–Crippen LogP) is 0.996. The molecule has 0 aliphatic carbocycles. The van der Waals surface area contributed by atoms with Crippen LogP contribution in [-0.2, 0) is 10.0 Å². The topological polar surface area (TPSA) is 96.0 Å². The largest absolute Gasteiger partial charge is 0.328 e. The SMILES string of the molecule is CC(N)CCNS(=O)(=O)c1ccc(C#N)cc1.Cl. The molecular formula is C11H16ClN3O2S. The first-order valence-corrected chi connectivity index (χ1v) is 6.69. The second-order valence-corrected chi connectivity index (χ2v) is 5.57. The molecule has 7 heteroatoms. The van der Waals surface area contributed by atoms with Crippen molar-refractivity contribution in [3.63, 3.8) is 0 Å². The fraction of sp³-hybridized carbons (Fsp3) is 0.364. The molecule has 0 aliphatic rings. The van der Waals surface area contributed by atoms with E-state index in [1.807, 2.05) is 13.0 Å². The normalized spacial score (nSPS) is 12.3. The van der Waals surface area contributed by atoms with Crippen LogP contribution in [0.5, 0.6) is 0 Å². The van der Waals surface area contributed by atoms with Gasteiger partial charge in [0.25, 0.3) is 0 Å². The first kappa shape index (κ1) is 16.9. The molecule has 100 valence electrons. The Morgan fingerprint density at radius 2 is 1.94 bits per heavy atom. The van der Waals surface area contributed by atoms with Gasteiger partial charge in [0.05, 0.1) is 16.5 Å². The molecule has 1 aromatic carbocycles. The fourth-order valence-corrected chi connectivity index (χ4v) is 2.26. The lowest BCUT2D eigenvalue weighted by molar-refractivity contribution is 0.572. The molecule has 0 spiro atoms. The van der Waals surface area contributed by atoms with Gasteiger partial charge in [-0.15, -0.1) is 12.4 Å². The molecule has 0 aliphatic heterocycles. The Balaban J connectivity index is 0.00000289. The zero-order chi connectivity index (χ0) is 12.9. The van der Waals surface area contributed by atoms with Crippen LogP contribution in [0.4, 0.5) is 0 Å². The maximum absolute atomic E-state index is 11.8. The maximum atomic E-state index is 11.8. The van der Waals surface area contributed by atoms with Crippen molar-refractivity contribution in [2.24, 2.45) is 5.73 Å². The minimum atomic E-state index is -3.50. The molecule has 0 heterocycles. The molecule has 0 radical (unpaired) electrons. The lowest BCUT2D eigenvalue weighted by Crippen LogP contribution is -2.29. The number of benzene rings is 1. The highest BCUT2D eigenvalue weighted by Gasteiger charge is 2.13. The van der Waals surface area contributed by atoms with Gasteiger partial charge in [-0.2, -0.15) is 5.26 Å². The lowest BCUT2D eigenvalue weighted by atomic mass is 10.2. The number of nitrogens with zero attached hydrogens (tertiary/aromatic N) is 1. The average Bonchev–Trinajstić information content (AvgIpc) is 2.28. The van der Waals surface area contributed by atoms with E-state index in [0.717, 1.165) is 0 Å². The number of hydrogen-bond donors (Lipinski definition) is 2. The van der Waals surface area contributed by atoms with Gasteiger partial charge in [-0.05, 0) is 37.6 Å². The second kappa shape index (κ2) is 7.34. The second-order valence-electron chi connectivity index (χ2n) is 3.80. The molecule has 0 saturated carbocycles. The van der Waals surface area contributed by atoms with Crippen molar-refractivity contribution in [2.45, 2.75) is 24.3 Å². The highest BCUT2D eigenvalue weighted by Crippen LogP contribution is 2.09. The summed E-state index contributed by atoms with van der Waals surface area (Å²) in [7, 11) is -3.50. The van der Waals surface area contributed by atoms with Crippen LogP contribution in [0.3, 0.4) is 0 Å². The number of halogens is 1. The van der Waals surface area contributed by atoms with Gasteiger partial charge < -0.3 is 5.73 Å². The smallest absolute Gasteiger partial charge is 0.240 e. The Bertz CT molecular complexity index is 506. The zero-order valence-corrected chi connectivity index (χ0v) is 11.6. The molecule has 0 amide bonds. The highest BCUT2D eigenvalue weighted by atomic mass is 35.5.